The fourth-order valence-corrected chi connectivity index (χ4v) is 1.82. The van der Waals surface area contributed by atoms with Crippen molar-refractivity contribution in [1.29, 1.82) is 0 Å². The van der Waals surface area contributed by atoms with Gasteiger partial charge in [0.1, 0.15) is 6.04 Å². The zero-order chi connectivity index (χ0) is 16.0. The minimum Gasteiger partial charge on any atom is -0.449 e. The number of rotatable bonds is 5. The van der Waals surface area contributed by atoms with Gasteiger partial charge in [-0.25, -0.2) is 4.79 Å². The van der Waals surface area contributed by atoms with E-state index in [2.05, 4.69) is 10.6 Å². The molecule has 0 aliphatic rings. The van der Waals surface area contributed by atoms with Crippen LogP contribution in [0.5, 0.6) is 0 Å². The van der Waals surface area contributed by atoms with E-state index in [1.54, 1.807) is 6.92 Å². The maximum atomic E-state index is 12.0. The second-order valence-corrected chi connectivity index (χ2v) is 5.72. The summed E-state index contributed by atoms with van der Waals surface area (Å²) in [6, 6.07) is 5.13. The molecule has 116 valence electrons. The Morgan fingerprint density at radius 1 is 1.10 bits per heavy atom. The number of hydrogen-bond donors (Lipinski definition) is 2. The van der Waals surface area contributed by atoms with Crippen LogP contribution in [-0.2, 0) is 9.53 Å². The first kappa shape index (κ1) is 17.0. The average Bonchev–Trinajstić information content (AvgIpc) is 2.34. The lowest BCUT2D eigenvalue weighted by molar-refractivity contribution is -0.117. The molecule has 1 atom stereocenters. The smallest absolute Gasteiger partial charge is 0.407 e. The number of benzene rings is 1. The number of aryl methyl sites for hydroxylation is 2. The molecule has 1 rings (SSSR count). The van der Waals surface area contributed by atoms with Gasteiger partial charge >= 0.3 is 6.09 Å². The lowest BCUT2D eigenvalue weighted by Crippen LogP contribution is -2.42. The quantitative estimate of drug-likeness (QED) is 0.876. The topological polar surface area (TPSA) is 67.4 Å². The van der Waals surface area contributed by atoms with Crippen LogP contribution in [0.4, 0.5) is 10.5 Å². The Kier molecular flexibility index (Phi) is 6.21. The van der Waals surface area contributed by atoms with Crippen LogP contribution in [0.15, 0.2) is 18.2 Å². The van der Waals surface area contributed by atoms with Gasteiger partial charge < -0.3 is 15.4 Å². The molecule has 2 amide bonds. The predicted molar refractivity (Wildman–Crippen MR) is 83.3 cm³/mol. The van der Waals surface area contributed by atoms with E-state index in [4.69, 9.17) is 4.74 Å². The first-order chi connectivity index (χ1) is 9.77. The maximum absolute atomic E-state index is 12.0. The van der Waals surface area contributed by atoms with Crippen molar-refractivity contribution in [2.75, 3.05) is 11.9 Å². The van der Waals surface area contributed by atoms with Crippen LogP contribution in [0.25, 0.3) is 0 Å². The van der Waals surface area contributed by atoms with Gasteiger partial charge in [-0.1, -0.05) is 19.9 Å². The number of nitrogens with one attached hydrogen (secondary N) is 2. The van der Waals surface area contributed by atoms with Crippen LogP contribution in [0.2, 0.25) is 0 Å². The molecule has 0 fully saturated rings. The fraction of sp³-hybridized carbons (Fsp3) is 0.500. The van der Waals surface area contributed by atoms with Crippen LogP contribution in [0.1, 0.15) is 31.9 Å². The van der Waals surface area contributed by atoms with Gasteiger partial charge in [-0.05, 0) is 49.9 Å². The van der Waals surface area contributed by atoms with E-state index in [0.717, 1.165) is 16.8 Å². The van der Waals surface area contributed by atoms with Gasteiger partial charge in [0.2, 0.25) is 5.91 Å². The van der Waals surface area contributed by atoms with E-state index < -0.39 is 12.1 Å². The molecule has 2 N–H and O–H groups in total. The summed E-state index contributed by atoms with van der Waals surface area (Å²) in [5, 5.41) is 5.30. The van der Waals surface area contributed by atoms with Crippen molar-refractivity contribution in [1.82, 2.24) is 5.32 Å². The minimum absolute atomic E-state index is 0.259. The van der Waals surface area contributed by atoms with E-state index in [1.807, 2.05) is 45.9 Å². The molecule has 0 bridgehead atoms. The molecular weight excluding hydrogens is 268 g/mol. The Bertz CT molecular complexity index is 492. The zero-order valence-corrected chi connectivity index (χ0v) is 13.3. The summed E-state index contributed by atoms with van der Waals surface area (Å²) in [4.78, 5) is 23.5. The molecule has 0 saturated carbocycles. The monoisotopic (exact) mass is 292 g/mol. The van der Waals surface area contributed by atoms with Crippen molar-refractivity contribution in [3.8, 4) is 0 Å². The number of ether oxygens (including phenoxy) is 1. The lowest BCUT2D eigenvalue weighted by Gasteiger charge is -2.15. The van der Waals surface area contributed by atoms with Gasteiger partial charge in [0.05, 0.1) is 6.61 Å². The maximum Gasteiger partial charge on any atom is 0.407 e. The zero-order valence-electron chi connectivity index (χ0n) is 13.3. The Morgan fingerprint density at radius 2 is 1.67 bits per heavy atom. The molecule has 1 aromatic rings. The Hall–Kier alpha value is -2.04. The normalized spacial score (nSPS) is 11.9. The van der Waals surface area contributed by atoms with Crippen LogP contribution >= 0.6 is 0 Å². The highest BCUT2D eigenvalue weighted by molar-refractivity contribution is 5.96. The van der Waals surface area contributed by atoms with Crippen molar-refractivity contribution in [2.24, 2.45) is 5.92 Å². The summed E-state index contributed by atoms with van der Waals surface area (Å²) in [6.07, 6.45) is -0.577. The predicted octanol–water partition coefficient (Wildman–Crippen LogP) is 3.01. The van der Waals surface area contributed by atoms with E-state index in [-0.39, 0.29) is 11.8 Å². The second kappa shape index (κ2) is 7.67. The molecular formula is C16H24N2O3. The average molecular weight is 292 g/mol. The molecule has 5 nitrogen and oxygen atoms in total. The molecule has 0 radical (unpaired) electrons. The standard InChI is InChI=1S/C16H24N2O3/c1-10(2)9-21-16(20)17-13(5)15(19)18-14-7-11(3)6-12(4)8-14/h6-8,10,13H,9H2,1-5H3,(H,17,20)(H,18,19). The highest BCUT2D eigenvalue weighted by atomic mass is 16.5. The summed E-state index contributed by atoms with van der Waals surface area (Å²) in [7, 11) is 0. The SMILES string of the molecule is Cc1cc(C)cc(NC(=O)C(C)NC(=O)OCC(C)C)c1. The lowest BCUT2D eigenvalue weighted by atomic mass is 10.1. The molecule has 0 aromatic heterocycles. The van der Waals surface area contributed by atoms with E-state index in [1.165, 1.54) is 0 Å². The number of amides is 2. The molecule has 0 heterocycles. The van der Waals surface area contributed by atoms with Crippen molar-refractivity contribution >= 4 is 17.7 Å². The van der Waals surface area contributed by atoms with E-state index in [9.17, 15) is 9.59 Å². The van der Waals surface area contributed by atoms with Gasteiger partial charge in [0.15, 0.2) is 0 Å². The minimum atomic E-state index is -0.662. The highest BCUT2D eigenvalue weighted by Gasteiger charge is 2.16. The summed E-state index contributed by atoms with van der Waals surface area (Å²) < 4.78 is 4.98. The van der Waals surface area contributed by atoms with Gasteiger partial charge in [0.25, 0.3) is 0 Å². The van der Waals surface area contributed by atoms with E-state index in [0.29, 0.717) is 6.61 Å². The van der Waals surface area contributed by atoms with Crippen LogP contribution in [0, 0.1) is 19.8 Å². The first-order valence-corrected chi connectivity index (χ1v) is 7.10. The molecule has 5 heteroatoms. The van der Waals surface area contributed by atoms with Crippen molar-refractivity contribution in [3.05, 3.63) is 29.3 Å². The van der Waals surface area contributed by atoms with Gasteiger partial charge in [-0.15, -0.1) is 0 Å². The third kappa shape index (κ3) is 6.29. The summed E-state index contributed by atoms with van der Waals surface area (Å²) in [5.41, 5.74) is 2.87. The number of carbonyl (C=O) groups excluding carboxylic acids is 2. The summed E-state index contributed by atoms with van der Waals surface area (Å²) in [6.45, 7) is 9.78. The second-order valence-electron chi connectivity index (χ2n) is 5.72. The van der Waals surface area contributed by atoms with E-state index >= 15 is 0 Å². The molecule has 0 spiro atoms. The highest BCUT2D eigenvalue weighted by Crippen LogP contribution is 2.13. The van der Waals surface area contributed by atoms with Gasteiger partial charge in [0, 0.05) is 5.69 Å². The van der Waals surface area contributed by atoms with Gasteiger partial charge in [-0.2, -0.15) is 0 Å². The third-order valence-corrected chi connectivity index (χ3v) is 2.76. The van der Waals surface area contributed by atoms with Crippen LogP contribution in [-0.4, -0.2) is 24.6 Å². The molecule has 1 aromatic carbocycles. The summed E-state index contributed by atoms with van der Waals surface area (Å²) >= 11 is 0. The molecule has 21 heavy (non-hydrogen) atoms. The molecule has 0 saturated heterocycles. The molecule has 0 aliphatic heterocycles. The Morgan fingerprint density at radius 3 is 2.19 bits per heavy atom. The Balaban J connectivity index is 2.52. The number of hydrogen-bond acceptors (Lipinski definition) is 3. The van der Waals surface area contributed by atoms with Crippen LogP contribution < -0.4 is 10.6 Å². The number of carbonyl (C=O) groups is 2. The number of alkyl carbamates (subject to hydrolysis) is 1. The number of anilines is 1. The van der Waals surface area contributed by atoms with Crippen molar-refractivity contribution in [3.63, 3.8) is 0 Å². The molecule has 0 aliphatic carbocycles. The third-order valence-electron chi connectivity index (χ3n) is 2.76. The Labute approximate surface area is 126 Å². The van der Waals surface area contributed by atoms with Crippen molar-refractivity contribution in [2.45, 2.75) is 40.7 Å². The largest absolute Gasteiger partial charge is 0.449 e. The van der Waals surface area contributed by atoms with Crippen LogP contribution in [0.3, 0.4) is 0 Å². The fourth-order valence-electron chi connectivity index (χ4n) is 1.82. The van der Waals surface area contributed by atoms with Gasteiger partial charge in [-0.3, -0.25) is 4.79 Å². The summed E-state index contributed by atoms with van der Waals surface area (Å²) in [5.74, 6) is -0.0170. The van der Waals surface area contributed by atoms with Crippen molar-refractivity contribution < 1.29 is 14.3 Å². The molecule has 1 unspecified atom stereocenters. The first-order valence-electron chi connectivity index (χ1n) is 7.10.